The summed E-state index contributed by atoms with van der Waals surface area (Å²) in [5, 5.41) is 7.64. The molecule has 1 unspecified atom stereocenters. The Bertz CT molecular complexity index is 658. The van der Waals surface area contributed by atoms with Crippen LogP contribution in [0.5, 0.6) is 0 Å². The summed E-state index contributed by atoms with van der Waals surface area (Å²) in [7, 11) is 0. The Morgan fingerprint density at radius 2 is 2.04 bits per heavy atom. The smallest absolute Gasteiger partial charge is 0.249 e. The first-order valence-electron chi connectivity index (χ1n) is 7.33. The van der Waals surface area contributed by atoms with E-state index in [4.69, 9.17) is 0 Å². The van der Waals surface area contributed by atoms with E-state index in [0.717, 1.165) is 11.1 Å². The van der Waals surface area contributed by atoms with Gasteiger partial charge in [0, 0.05) is 30.8 Å². The molecule has 0 spiro atoms. The quantitative estimate of drug-likeness (QED) is 0.647. The molecule has 0 radical (unpaired) electrons. The molecule has 1 N–H and O–H groups in total. The normalized spacial score (nSPS) is 26.3. The SMILES string of the molecule is Cl.O=C([C@@H]1CCNC[C@H]1F)N1N=CCC1c1cc(F)cc(F)c1F. The van der Waals surface area contributed by atoms with Crippen LogP contribution in [0.3, 0.4) is 0 Å². The molecule has 0 aromatic heterocycles. The van der Waals surface area contributed by atoms with Crippen LogP contribution in [-0.4, -0.2) is 36.4 Å². The number of alkyl halides is 1. The van der Waals surface area contributed by atoms with E-state index in [2.05, 4.69) is 10.4 Å². The maximum Gasteiger partial charge on any atom is 0.249 e. The van der Waals surface area contributed by atoms with Gasteiger partial charge in [0.15, 0.2) is 11.6 Å². The molecule has 1 aromatic carbocycles. The maximum atomic E-state index is 14.0. The van der Waals surface area contributed by atoms with Gasteiger partial charge in [0.05, 0.1) is 12.0 Å². The minimum atomic E-state index is -1.37. The fraction of sp³-hybridized carbons (Fsp3) is 0.467. The molecule has 0 aliphatic carbocycles. The van der Waals surface area contributed by atoms with Crippen LogP contribution in [0.25, 0.3) is 0 Å². The molecule has 24 heavy (non-hydrogen) atoms. The predicted molar refractivity (Wildman–Crippen MR) is 82.1 cm³/mol. The van der Waals surface area contributed by atoms with Gasteiger partial charge < -0.3 is 5.32 Å². The van der Waals surface area contributed by atoms with Crippen molar-refractivity contribution in [3.63, 3.8) is 0 Å². The Hall–Kier alpha value is -1.67. The number of hydrogen-bond donors (Lipinski definition) is 1. The summed E-state index contributed by atoms with van der Waals surface area (Å²) in [5.74, 6) is -4.98. The number of amides is 1. The first kappa shape index (κ1) is 18.7. The molecule has 0 bridgehead atoms. The Morgan fingerprint density at radius 1 is 1.29 bits per heavy atom. The number of benzene rings is 1. The molecule has 1 aromatic rings. The summed E-state index contributed by atoms with van der Waals surface area (Å²) in [6.07, 6.45) is 0.396. The van der Waals surface area contributed by atoms with E-state index in [1.165, 1.54) is 6.21 Å². The first-order chi connectivity index (χ1) is 11.0. The van der Waals surface area contributed by atoms with E-state index >= 15 is 0 Å². The standard InChI is InChI=1S/C15H15F4N3O.ClH/c16-8-5-10(14(19)11(17)6-8)13-2-4-21-22(13)15(23)9-1-3-20-7-12(9)18;/h4-6,9,12-13,20H,1-3,7H2;1H/t9-,12-,13?;/m1./s1. The van der Waals surface area contributed by atoms with Crippen molar-refractivity contribution in [1.29, 1.82) is 0 Å². The van der Waals surface area contributed by atoms with Crippen LogP contribution in [-0.2, 0) is 4.79 Å². The van der Waals surface area contributed by atoms with Crippen LogP contribution in [0.1, 0.15) is 24.4 Å². The van der Waals surface area contributed by atoms with E-state index < -0.39 is 41.5 Å². The third-order valence-corrected chi connectivity index (χ3v) is 4.16. The summed E-state index contributed by atoms with van der Waals surface area (Å²) in [6, 6.07) is 0.313. The number of nitrogens with one attached hydrogen (secondary N) is 1. The zero-order chi connectivity index (χ0) is 16.6. The van der Waals surface area contributed by atoms with Gasteiger partial charge in [-0.3, -0.25) is 4.79 Å². The van der Waals surface area contributed by atoms with E-state index in [1.807, 2.05) is 0 Å². The van der Waals surface area contributed by atoms with Crippen molar-refractivity contribution in [2.45, 2.75) is 25.1 Å². The molecule has 9 heteroatoms. The largest absolute Gasteiger partial charge is 0.314 e. The molecule has 4 nitrogen and oxygen atoms in total. The van der Waals surface area contributed by atoms with Gasteiger partial charge in [-0.1, -0.05) is 0 Å². The fourth-order valence-electron chi connectivity index (χ4n) is 2.97. The lowest BCUT2D eigenvalue weighted by molar-refractivity contribution is -0.140. The lowest BCUT2D eigenvalue weighted by Crippen LogP contribution is -2.46. The number of halogens is 5. The third kappa shape index (κ3) is 3.39. The van der Waals surface area contributed by atoms with Crippen molar-refractivity contribution in [2.75, 3.05) is 13.1 Å². The van der Waals surface area contributed by atoms with E-state index in [9.17, 15) is 22.4 Å². The summed E-state index contributed by atoms with van der Waals surface area (Å²) in [6.45, 7) is 0.545. The zero-order valence-electron chi connectivity index (χ0n) is 12.5. The van der Waals surface area contributed by atoms with Gasteiger partial charge in [0.25, 0.3) is 0 Å². The van der Waals surface area contributed by atoms with Gasteiger partial charge in [0.1, 0.15) is 12.0 Å². The summed E-state index contributed by atoms with van der Waals surface area (Å²) in [4.78, 5) is 12.5. The second kappa shape index (κ2) is 7.48. The highest BCUT2D eigenvalue weighted by Gasteiger charge is 2.39. The van der Waals surface area contributed by atoms with Gasteiger partial charge in [-0.25, -0.2) is 22.6 Å². The van der Waals surface area contributed by atoms with Crippen LogP contribution >= 0.6 is 12.4 Å². The maximum absolute atomic E-state index is 14.0. The van der Waals surface area contributed by atoms with Crippen molar-refractivity contribution in [2.24, 2.45) is 11.0 Å². The number of hydrogen-bond acceptors (Lipinski definition) is 3. The van der Waals surface area contributed by atoms with E-state index in [0.29, 0.717) is 19.0 Å². The van der Waals surface area contributed by atoms with Crippen LogP contribution in [0, 0.1) is 23.4 Å². The van der Waals surface area contributed by atoms with Gasteiger partial charge in [-0.2, -0.15) is 5.10 Å². The molecular weight excluding hydrogens is 350 g/mol. The number of rotatable bonds is 2. The van der Waals surface area contributed by atoms with E-state index in [1.54, 1.807) is 0 Å². The molecule has 2 aliphatic rings. The molecule has 3 atom stereocenters. The zero-order valence-corrected chi connectivity index (χ0v) is 13.3. The van der Waals surface area contributed by atoms with Crippen molar-refractivity contribution in [3.8, 4) is 0 Å². The number of carbonyl (C=O) groups is 1. The lowest BCUT2D eigenvalue weighted by Gasteiger charge is -2.31. The van der Waals surface area contributed by atoms with Gasteiger partial charge in [-0.05, 0) is 19.0 Å². The molecule has 3 rings (SSSR count). The second-order valence-corrected chi connectivity index (χ2v) is 5.64. The number of nitrogens with zero attached hydrogens (tertiary/aromatic N) is 2. The summed E-state index contributed by atoms with van der Waals surface area (Å²) < 4.78 is 54.7. The molecule has 2 aliphatic heterocycles. The monoisotopic (exact) mass is 365 g/mol. The Balaban J connectivity index is 0.00000208. The van der Waals surface area contributed by atoms with Crippen molar-refractivity contribution in [3.05, 3.63) is 35.1 Å². The highest BCUT2D eigenvalue weighted by atomic mass is 35.5. The van der Waals surface area contributed by atoms with Crippen molar-refractivity contribution >= 4 is 24.5 Å². The fourth-order valence-corrected chi connectivity index (χ4v) is 2.97. The summed E-state index contributed by atoms with van der Waals surface area (Å²) in [5.41, 5.74) is -0.294. The van der Waals surface area contributed by atoms with Crippen LogP contribution in [0.2, 0.25) is 0 Å². The molecule has 1 fully saturated rings. The third-order valence-electron chi connectivity index (χ3n) is 4.16. The minimum Gasteiger partial charge on any atom is -0.314 e. The van der Waals surface area contributed by atoms with Gasteiger partial charge in [0.2, 0.25) is 5.91 Å². The summed E-state index contributed by atoms with van der Waals surface area (Å²) >= 11 is 0. The minimum absolute atomic E-state index is 0. The van der Waals surface area contributed by atoms with E-state index in [-0.39, 0.29) is 30.9 Å². The van der Waals surface area contributed by atoms with Crippen LogP contribution in [0.4, 0.5) is 17.6 Å². The molecule has 2 heterocycles. The van der Waals surface area contributed by atoms with Crippen LogP contribution < -0.4 is 5.32 Å². The second-order valence-electron chi connectivity index (χ2n) is 5.64. The Morgan fingerprint density at radius 3 is 2.75 bits per heavy atom. The first-order valence-corrected chi connectivity index (χ1v) is 7.33. The Kier molecular flexibility index (Phi) is 5.82. The topological polar surface area (TPSA) is 44.7 Å². The average Bonchev–Trinajstić information content (AvgIpc) is 3.00. The van der Waals surface area contributed by atoms with Gasteiger partial charge in [-0.15, -0.1) is 12.4 Å². The van der Waals surface area contributed by atoms with Crippen molar-refractivity contribution in [1.82, 2.24) is 10.3 Å². The highest BCUT2D eigenvalue weighted by Crippen LogP contribution is 2.34. The molecule has 132 valence electrons. The molecule has 1 saturated heterocycles. The molecule has 0 saturated carbocycles. The van der Waals surface area contributed by atoms with Gasteiger partial charge >= 0.3 is 0 Å². The number of hydrazone groups is 1. The van der Waals surface area contributed by atoms with Crippen molar-refractivity contribution < 1.29 is 22.4 Å². The number of piperidine rings is 1. The molecular formula is C15H16ClF4N3O. The average molecular weight is 366 g/mol. The predicted octanol–water partition coefficient (Wildman–Crippen LogP) is 2.73. The highest BCUT2D eigenvalue weighted by molar-refractivity contribution is 5.85. The van der Waals surface area contributed by atoms with Crippen LogP contribution in [0.15, 0.2) is 17.2 Å². The molecule has 1 amide bonds. The lowest BCUT2D eigenvalue weighted by atomic mass is 9.93. The number of carbonyl (C=O) groups excluding carboxylic acids is 1. The Labute approximate surface area is 142 Å².